The van der Waals surface area contributed by atoms with Crippen molar-refractivity contribution in [1.82, 2.24) is 0 Å². The Kier molecular flexibility index (Phi) is 4.20. The Bertz CT molecular complexity index is 576. The Morgan fingerprint density at radius 2 is 2.05 bits per heavy atom. The van der Waals surface area contributed by atoms with Gasteiger partial charge in [-0.05, 0) is 53.9 Å². The third-order valence-electron chi connectivity index (χ3n) is 2.98. The molecule has 0 amide bonds. The summed E-state index contributed by atoms with van der Waals surface area (Å²) in [5.74, 6) is 0.820. The molecule has 0 aliphatic heterocycles. The number of benzene rings is 1. The molecule has 4 heteroatoms. The van der Waals surface area contributed by atoms with Crippen molar-refractivity contribution >= 4 is 11.3 Å². The van der Waals surface area contributed by atoms with E-state index in [4.69, 9.17) is 15.7 Å². The van der Waals surface area contributed by atoms with Crippen molar-refractivity contribution in [3.05, 3.63) is 51.2 Å². The average molecular weight is 272 g/mol. The molecule has 1 aromatic carbocycles. The molecule has 0 bridgehead atoms. The van der Waals surface area contributed by atoms with E-state index in [1.54, 1.807) is 11.3 Å². The number of hydrogen-bond acceptors (Lipinski definition) is 4. The molecular weight excluding hydrogens is 256 g/mol. The Labute approximate surface area is 117 Å². The summed E-state index contributed by atoms with van der Waals surface area (Å²) < 4.78 is 6.04. The van der Waals surface area contributed by atoms with Crippen LogP contribution in [0, 0.1) is 25.2 Å². The van der Waals surface area contributed by atoms with Gasteiger partial charge in [0.15, 0.2) is 0 Å². The second-order valence-electron chi connectivity index (χ2n) is 4.45. The molecule has 1 atom stereocenters. The summed E-state index contributed by atoms with van der Waals surface area (Å²) in [6, 6.07) is 7.85. The molecule has 1 heterocycles. The highest BCUT2D eigenvalue weighted by Crippen LogP contribution is 2.30. The summed E-state index contributed by atoms with van der Waals surface area (Å²) in [4.78, 5) is 0. The van der Waals surface area contributed by atoms with Crippen LogP contribution in [0.1, 0.15) is 28.4 Å². The molecule has 0 spiro atoms. The Morgan fingerprint density at radius 3 is 2.53 bits per heavy atom. The van der Waals surface area contributed by atoms with Gasteiger partial charge in [0.1, 0.15) is 11.9 Å². The van der Waals surface area contributed by atoms with Crippen LogP contribution in [0.25, 0.3) is 0 Å². The molecule has 2 N–H and O–H groups in total. The zero-order valence-electron chi connectivity index (χ0n) is 11.0. The lowest BCUT2D eigenvalue weighted by Gasteiger charge is -2.20. The Morgan fingerprint density at radius 1 is 1.37 bits per heavy atom. The highest BCUT2D eigenvalue weighted by molar-refractivity contribution is 7.07. The van der Waals surface area contributed by atoms with Crippen LogP contribution in [-0.2, 0) is 0 Å². The molecule has 0 radical (unpaired) electrons. The van der Waals surface area contributed by atoms with Crippen molar-refractivity contribution in [3.63, 3.8) is 0 Å². The van der Waals surface area contributed by atoms with Gasteiger partial charge in [0.2, 0.25) is 0 Å². The molecule has 2 rings (SSSR count). The van der Waals surface area contributed by atoms with Gasteiger partial charge in [-0.15, -0.1) is 0 Å². The average Bonchev–Trinajstić information content (AvgIpc) is 2.91. The standard InChI is InChI=1S/C15H16N2OS/c1-10-5-12(7-16)6-11(2)15(10)18-14(8-17)13-3-4-19-9-13/h3-6,9,14H,8,17H2,1-2H3. The van der Waals surface area contributed by atoms with E-state index in [0.29, 0.717) is 12.1 Å². The van der Waals surface area contributed by atoms with Crippen molar-refractivity contribution in [3.8, 4) is 11.8 Å². The first-order chi connectivity index (χ1) is 9.15. The first-order valence-corrected chi connectivity index (χ1v) is 7.00. The molecule has 0 saturated heterocycles. The maximum absolute atomic E-state index is 8.95. The number of nitrogens with two attached hydrogens (primary N) is 1. The predicted octanol–water partition coefficient (Wildman–Crippen LogP) is 3.32. The van der Waals surface area contributed by atoms with Crippen molar-refractivity contribution < 1.29 is 4.74 Å². The SMILES string of the molecule is Cc1cc(C#N)cc(C)c1OC(CN)c1ccsc1. The van der Waals surface area contributed by atoms with E-state index in [9.17, 15) is 0 Å². The minimum atomic E-state index is -0.142. The highest BCUT2D eigenvalue weighted by atomic mass is 32.1. The minimum Gasteiger partial charge on any atom is -0.484 e. The number of ether oxygens (including phenoxy) is 1. The molecule has 98 valence electrons. The third-order valence-corrected chi connectivity index (χ3v) is 3.68. The Balaban J connectivity index is 2.30. The van der Waals surface area contributed by atoms with Crippen LogP contribution in [0.2, 0.25) is 0 Å². The highest BCUT2D eigenvalue weighted by Gasteiger charge is 2.15. The lowest BCUT2D eigenvalue weighted by Crippen LogP contribution is -2.18. The van der Waals surface area contributed by atoms with Gasteiger partial charge in [-0.1, -0.05) is 0 Å². The summed E-state index contributed by atoms with van der Waals surface area (Å²) >= 11 is 1.63. The number of thiophene rings is 1. The van der Waals surface area contributed by atoms with Crippen LogP contribution in [0.5, 0.6) is 5.75 Å². The molecule has 2 aromatic rings. The van der Waals surface area contributed by atoms with Crippen LogP contribution >= 0.6 is 11.3 Å². The third kappa shape index (κ3) is 2.95. The van der Waals surface area contributed by atoms with Gasteiger partial charge < -0.3 is 10.5 Å². The van der Waals surface area contributed by atoms with E-state index in [0.717, 1.165) is 22.4 Å². The molecule has 1 aromatic heterocycles. The van der Waals surface area contributed by atoms with E-state index < -0.39 is 0 Å². The smallest absolute Gasteiger partial charge is 0.137 e. The van der Waals surface area contributed by atoms with Crippen molar-refractivity contribution in [2.75, 3.05) is 6.54 Å². The molecule has 0 aliphatic carbocycles. The first-order valence-electron chi connectivity index (χ1n) is 6.06. The topological polar surface area (TPSA) is 59.0 Å². The van der Waals surface area contributed by atoms with Gasteiger partial charge in [-0.2, -0.15) is 16.6 Å². The normalized spacial score (nSPS) is 11.9. The van der Waals surface area contributed by atoms with Gasteiger partial charge in [-0.25, -0.2) is 0 Å². The second kappa shape index (κ2) is 5.87. The number of aryl methyl sites for hydroxylation is 2. The first kappa shape index (κ1) is 13.6. The zero-order chi connectivity index (χ0) is 13.8. The van der Waals surface area contributed by atoms with E-state index in [2.05, 4.69) is 6.07 Å². The number of rotatable bonds is 4. The van der Waals surface area contributed by atoms with Crippen LogP contribution in [0.3, 0.4) is 0 Å². The maximum atomic E-state index is 8.95. The lowest BCUT2D eigenvalue weighted by atomic mass is 10.1. The monoisotopic (exact) mass is 272 g/mol. The number of hydrogen-bond donors (Lipinski definition) is 1. The summed E-state index contributed by atoms with van der Waals surface area (Å²) in [7, 11) is 0. The summed E-state index contributed by atoms with van der Waals surface area (Å²) in [6.07, 6.45) is -0.142. The molecule has 19 heavy (non-hydrogen) atoms. The summed E-state index contributed by atoms with van der Waals surface area (Å²) in [5, 5.41) is 13.0. The van der Waals surface area contributed by atoms with Gasteiger partial charge in [-0.3, -0.25) is 0 Å². The molecule has 1 unspecified atom stereocenters. The van der Waals surface area contributed by atoms with Crippen molar-refractivity contribution in [1.29, 1.82) is 5.26 Å². The molecule has 0 fully saturated rings. The van der Waals surface area contributed by atoms with Crippen LogP contribution in [-0.4, -0.2) is 6.54 Å². The van der Waals surface area contributed by atoms with Gasteiger partial charge in [0.25, 0.3) is 0 Å². The van der Waals surface area contributed by atoms with E-state index in [-0.39, 0.29) is 6.10 Å². The van der Waals surface area contributed by atoms with Gasteiger partial charge >= 0.3 is 0 Å². The molecular formula is C15H16N2OS. The minimum absolute atomic E-state index is 0.142. The molecule has 3 nitrogen and oxygen atoms in total. The maximum Gasteiger partial charge on any atom is 0.137 e. The van der Waals surface area contributed by atoms with E-state index in [1.165, 1.54) is 0 Å². The van der Waals surface area contributed by atoms with E-state index in [1.807, 2.05) is 42.8 Å². The fraction of sp³-hybridized carbons (Fsp3) is 0.267. The van der Waals surface area contributed by atoms with E-state index >= 15 is 0 Å². The lowest BCUT2D eigenvalue weighted by molar-refractivity contribution is 0.212. The van der Waals surface area contributed by atoms with Crippen molar-refractivity contribution in [2.24, 2.45) is 5.73 Å². The predicted molar refractivity (Wildman–Crippen MR) is 77.4 cm³/mol. The fourth-order valence-electron chi connectivity index (χ4n) is 2.05. The van der Waals surface area contributed by atoms with Crippen LogP contribution in [0.4, 0.5) is 0 Å². The quantitative estimate of drug-likeness (QED) is 0.928. The van der Waals surface area contributed by atoms with Crippen LogP contribution in [0.15, 0.2) is 29.0 Å². The largest absolute Gasteiger partial charge is 0.484 e. The zero-order valence-corrected chi connectivity index (χ0v) is 11.8. The summed E-state index contributed by atoms with van der Waals surface area (Å²) in [6.45, 7) is 4.32. The molecule has 0 aliphatic rings. The molecule has 0 saturated carbocycles. The second-order valence-corrected chi connectivity index (χ2v) is 5.23. The van der Waals surface area contributed by atoms with Gasteiger partial charge in [0.05, 0.1) is 11.6 Å². The van der Waals surface area contributed by atoms with Gasteiger partial charge in [0, 0.05) is 12.1 Å². The van der Waals surface area contributed by atoms with Crippen LogP contribution < -0.4 is 10.5 Å². The van der Waals surface area contributed by atoms with Crippen molar-refractivity contribution in [2.45, 2.75) is 20.0 Å². The number of nitriles is 1. The number of nitrogens with zero attached hydrogens (tertiary/aromatic N) is 1. The fourth-order valence-corrected chi connectivity index (χ4v) is 2.76. The Hall–Kier alpha value is -1.83. The summed E-state index contributed by atoms with van der Waals surface area (Å²) in [5.41, 5.74) is 9.47.